The number of fused-ring (bicyclic) bond motifs is 2. The first kappa shape index (κ1) is 21.7. The number of methoxy groups -OCH3 is 3. The van der Waals surface area contributed by atoms with E-state index in [1.54, 1.807) is 45.6 Å². The Morgan fingerprint density at radius 2 is 1.88 bits per heavy atom. The van der Waals surface area contributed by atoms with E-state index in [1.807, 2.05) is 17.9 Å². The highest BCUT2D eigenvalue weighted by atomic mass is 16.5. The number of aromatic amines is 1. The van der Waals surface area contributed by atoms with Crippen molar-refractivity contribution in [1.29, 1.82) is 0 Å². The lowest BCUT2D eigenvalue weighted by atomic mass is 10.0. The van der Waals surface area contributed by atoms with Crippen molar-refractivity contribution < 1.29 is 19.0 Å². The van der Waals surface area contributed by atoms with Crippen molar-refractivity contribution >= 4 is 22.5 Å². The number of aromatic nitrogens is 1. The number of rotatable bonds is 6. The predicted molar refractivity (Wildman–Crippen MR) is 123 cm³/mol. The fourth-order valence-corrected chi connectivity index (χ4v) is 4.13. The number of amides is 1. The zero-order valence-corrected chi connectivity index (χ0v) is 18.7. The molecule has 0 saturated carbocycles. The van der Waals surface area contributed by atoms with Gasteiger partial charge in [-0.05, 0) is 36.8 Å². The second-order valence-electron chi connectivity index (χ2n) is 7.85. The summed E-state index contributed by atoms with van der Waals surface area (Å²) in [6.07, 6.45) is 0.672. The highest BCUT2D eigenvalue weighted by molar-refractivity contribution is 5.94. The number of ether oxygens (including phenoxy) is 3. The second kappa shape index (κ2) is 8.92. The lowest BCUT2D eigenvalue weighted by Gasteiger charge is -2.28. The number of carbonyl (C=O) groups excluding carboxylic acids is 1. The van der Waals surface area contributed by atoms with E-state index < -0.39 is 0 Å². The topological polar surface area (TPSA) is 92.9 Å². The van der Waals surface area contributed by atoms with E-state index in [-0.39, 0.29) is 17.9 Å². The Hall–Kier alpha value is -3.52. The van der Waals surface area contributed by atoms with Gasteiger partial charge in [0.1, 0.15) is 17.2 Å². The Kier molecular flexibility index (Phi) is 6.05. The minimum Gasteiger partial charge on any atom is -0.497 e. The third-order valence-corrected chi connectivity index (χ3v) is 5.81. The molecule has 8 nitrogen and oxygen atoms in total. The Morgan fingerprint density at radius 3 is 2.59 bits per heavy atom. The van der Waals surface area contributed by atoms with E-state index in [1.165, 1.54) is 0 Å². The minimum atomic E-state index is -0.174. The maximum absolute atomic E-state index is 13.2. The SMILES string of the molecule is COc1ccc(NC(=O)CN2CCc3[nH]c4c(C)cc(OC)cc4c(=O)c3C2)c(OC)c1. The monoisotopic (exact) mass is 437 g/mol. The van der Waals surface area contributed by atoms with Gasteiger partial charge < -0.3 is 24.5 Å². The molecule has 32 heavy (non-hydrogen) atoms. The van der Waals surface area contributed by atoms with Gasteiger partial charge in [-0.2, -0.15) is 0 Å². The van der Waals surface area contributed by atoms with E-state index in [4.69, 9.17) is 14.2 Å². The Bertz CT molecular complexity index is 1230. The molecule has 168 valence electrons. The fraction of sp³-hybridized carbons (Fsp3) is 0.333. The molecule has 0 spiro atoms. The molecule has 1 aliphatic rings. The summed E-state index contributed by atoms with van der Waals surface area (Å²) in [7, 11) is 4.70. The first-order chi connectivity index (χ1) is 15.4. The molecule has 2 heterocycles. The Morgan fingerprint density at radius 1 is 1.09 bits per heavy atom. The number of aryl methyl sites for hydroxylation is 1. The largest absolute Gasteiger partial charge is 0.497 e. The van der Waals surface area contributed by atoms with Gasteiger partial charge in [-0.1, -0.05) is 0 Å². The lowest BCUT2D eigenvalue weighted by Crippen LogP contribution is -2.39. The van der Waals surface area contributed by atoms with Gasteiger partial charge in [0.2, 0.25) is 5.91 Å². The van der Waals surface area contributed by atoms with Gasteiger partial charge in [-0.15, -0.1) is 0 Å². The molecule has 0 saturated heterocycles. The molecule has 0 bridgehead atoms. The van der Waals surface area contributed by atoms with E-state index in [2.05, 4.69) is 10.3 Å². The summed E-state index contributed by atoms with van der Waals surface area (Å²) in [5.41, 5.74) is 4.00. The average Bonchev–Trinajstić information content (AvgIpc) is 2.80. The highest BCUT2D eigenvalue weighted by Crippen LogP contribution is 2.29. The van der Waals surface area contributed by atoms with Crippen LogP contribution in [0.15, 0.2) is 35.1 Å². The third-order valence-electron chi connectivity index (χ3n) is 5.81. The quantitative estimate of drug-likeness (QED) is 0.616. The van der Waals surface area contributed by atoms with Gasteiger partial charge in [0.15, 0.2) is 5.43 Å². The van der Waals surface area contributed by atoms with Crippen LogP contribution in [0.1, 0.15) is 16.8 Å². The number of carbonyl (C=O) groups is 1. The van der Waals surface area contributed by atoms with Crippen LogP contribution >= 0.6 is 0 Å². The zero-order valence-electron chi connectivity index (χ0n) is 18.7. The highest BCUT2D eigenvalue weighted by Gasteiger charge is 2.23. The van der Waals surface area contributed by atoms with E-state index in [0.717, 1.165) is 16.8 Å². The number of anilines is 1. The average molecular weight is 437 g/mol. The lowest BCUT2D eigenvalue weighted by molar-refractivity contribution is -0.117. The van der Waals surface area contributed by atoms with E-state index in [0.29, 0.717) is 53.4 Å². The molecule has 1 amide bonds. The van der Waals surface area contributed by atoms with Crippen molar-refractivity contribution in [1.82, 2.24) is 9.88 Å². The van der Waals surface area contributed by atoms with Crippen molar-refractivity contribution in [3.8, 4) is 17.2 Å². The summed E-state index contributed by atoms with van der Waals surface area (Å²) < 4.78 is 15.9. The molecular formula is C24H27N3O5. The molecule has 8 heteroatoms. The van der Waals surface area contributed by atoms with Gasteiger partial charge in [0.25, 0.3) is 0 Å². The van der Waals surface area contributed by atoms with Crippen LogP contribution in [0, 0.1) is 6.92 Å². The Labute approximate surface area is 186 Å². The maximum Gasteiger partial charge on any atom is 0.238 e. The van der Waals surface area contributed by atoms with Crippen molar-refractivity contribution in [3.05, 3.63) is 57.4 Å². The molecule has 2 N–H and O–H groups in total. The summed E-state index contributed by atoms with van der Waals surface area (Å²) >= 11 is 0. The normalized spacial score (nSPS) is 13.5. The van der Waals surface area contributed by atoms with Gasteiger partial charge >= 0.3 is 0 Å². The zero-order chi connectivity index (χ0) is 22.8. The minimum absolute atomic E-state index is 0.0160. The van der Waals surface area contributed by atoms with Crippen molar-refractivity contribution in [3.63, 3.8) is 0 Å². The van der Waals surface area contributed by atoms with Crippen LogP contribution in [0.4, 0.5) is 5.69 Å². The number of benzene rings is 2. The summed E-state index contributed by atoms with van der Waals surface area (Å²) in [5, 5.41) is 3.49. The van der Waals surface area contributed by atoms with Crippen LogP contribution in [0.2, 0.25) is 0 Å². The number of nitrogens with zero attached hydrogens (tertiary/aromatic N) is 1. The number of hydrogen-bond acceptors (Lipinski definition) is 6. The van der Waals surface area contributed by atoms with E-state index in [9.17, 15) is 9.59 Å². The third kappa shape index (κ3) is 4.13. The summed E-state index contributed by atoms with van der Waals surface area (Å²) in [6.45, 7) is 3.21. The Balaban J connectivity index is 1.53. The molecule has 1 aliphatic heterocycles. The van der Waals surface area contributed by atoms with Crippen LogP contribution in [0.5, 0.6) is 17.2 Å². The second-order valence-corrected chi connectivity index (χ2v) is 7.85. The molecule has 4 rings (SSSR count). The standard InChI is InChI=1S/C24H27N3O5/c1-14-9-16(31-3)10-17-23(14)26-19-7-8-27(12-18(19)24(17)29)13-22(28)25-20-6-5-15(30-2)11-21(20)32-4/h5-6,9-11H,7-8,12-13H2,1-4H3,(H,25,28)(H,26,29). The van der Waals surface area contributed by atoms with Crippen molar-refractivity contribution in [2.75, 3.05) is 39.7 Å². The smallest absolute Gasteiger partial charge is 0.238 e. The predicted octanol–water partition coefficient (Wildman–Crippen LogP) is 2.86. The van der Waals surface area contributed by atoms with Gasteiger partial charge in [-0.25, -0.2) is 0 Å². The molecule has 0 fully saturated rings. The summed E-state index contributed by atoms with van der Waals surface area (Å²) in [6, 6.07) is 8.90. The van der Waals surface area contributed by atoms with Crippen molar-refractivity contribution in [2.24, 2.45) is 0 Å². The molecular weight excluding hydrogens is 410 g/mol. The van der Waals surface area contributed by atoms with Crippen molar-refractivity contribution in [2.45, 2.75) is 19.9 Å². The van der Waals surface area contributed by atoms with E-state index >= 15 is 0 Å². The maximum atomic E-state index is 13.2. The van der Waals surface area contributed by atoms with Crippen LogP contribution in [0.3, 0.4) is 0 Å². The molecule has 2 aromatic carbocycles. The number of H-pyrrole nitrogens is 1. The first-order valence-electron chi connectivity index (χ1n) is 10.4. The van der Waals surface area contributed by atoms with Crippen LogP contribution in [-0.4, -0.2) is 50.2 Å². The summed E-state index contributed by atoms with van der Waals surface area (Å²) in [4.78, 5) is 31.3. The fourth-order valence-electron chi connectivity index (χ4n) is 4.13. The molecule has 0 atom stereocenters. The van der Waals surface area contributed by atoms with Gasteiger partial charge in [0.05, 0.1) is 39.1 Å². The molecule has 0 unspecified atom stereocenters. The number of pyridine rings is 1. The van der Waals surface area contributed by atoms with Gasteiger partial charge in [0, 0.05) is 42.2 Å². The summed E-state index contributed by atoms with van der Waals surface area (Å²) in [5.74, 6) is 1.65. The molecule has 0 aliphatic carbocycles. The number of nitrogens with one attached hydrogen (secondary N) is 2. The number of hydrogen-bond donors (Lipinski definition) is 2. The first-order valence-corrected chi connectivity index (χ1v) is 10.4. The van der Waals surface area contributed by atoms with Crippen LogP contribution < -0.4 is 25.0 Å². The molecule has 1 aromatic heterocycles. The molecule has 3 aromatic rings. The van der Waals surface area contributed by atoms with Crippen LogP contribution in [-0.2, 0) is 17.8 Å². The molecule has 0 radical (unpaired) electrons. The van der Waals surface area contributed by atoms with Crippen LogP contribution in [0.25, 0.3) is 10.9 Å². The van der Waals surface area contributed by atoms with Gasteiger partial charge in [-0.3, -0.25) is 14.5 Å².